The quantitative estimate of drug-likeness (QED) is 0.258. The van der Waals surface area contributed by atoms with E-state index < -0.39 is 42.8 Å². The zero-order valence-corrected chi connectivity index (χ0v) is 36.6. The third-order valence-corrected chi connectivity index (χ3v) is 16.2. The molecule has 320 valence electrons. The van der Waals surface area contributed by atoms with Gasteiger partial charge < -0.3 is 14.4 Å². The molecular weight excluding hydrogens is 800 g/mol. The number of nitrogens with one attached hydrogen (secondary N) is 1. The number of aryl methyl sites for hydroxylation is 1. The van der Waals surface area contributed by atoms with Gasteiger partial charge >= 0.3 is 0 Å². The topological polar surface area (TPSA) is 135 Å². The number of benzene rings is 2. The van der Waals surface area contributed by atoms with Crippen molar-refractivity contribution in [3.05, 3.63) is 70.3 Å². The zero-order chi connectivity index (χ0) is 41.1. The van der Waals surface area contributed by atoms with Crippen molar-refractivity contribution in [1.82, 2.24) is 14.5 Å². The molecule has 4 heterocycles. The van der Waals surface area contributed by atoms with Crippen LogP contribution in [0.5, 0.6) is 5.75 Å². The van der Waals surface area contributed by atoms with Gasteiger partial charge in [0.15, 0.2) is 0 Å². The first-order valence-corrected chi connectivity index (χ1v) is 24.9. The fourth-order valence-electron chi connectivity index (χ4n) is 10.0. The van der Waals surface area contributed by atoms with E-state index in [1.54, 1.807) is 18.2 Å². The number of piperidine rings is 1. The second kappa shape index (κ2) is 18.5. The summed E-state index contributed by atoms with van der Waals surface area (Å²) >= 11 is 6.42. The van der Waals surface area contributed by atoms with Crippen LogP contribution in [0.25, 0.3) is 0 Å². The Morgan fingerprint density at radius 3 is 2.59 bits per heavy atom. The summed E-state index contributed by atoms with van der Waals surface area (Å²) in [6.07, 6.45) is 13.9. The van der Waals surface area contributed by atoms with Crippen LogP contribution in [-0.4, -0.2) is 115 Å². The molecule has 2 aromatic rings. The van der Waals surface area contributed by atoms with Gasteiger partial charge in [-0.25, -0.2) is 13.1 Å². The molecule has 2 saturated heterocycles. The first-order valence-electron chi connectivity index (χ1n) is 21.1. The van der Waals surface area contributed by atoms with E-state index in [0.29, 0.717) is 35.8 Å². The highest BCUT2D eigenvalue weighted by Crippen LogP contribution is 2.47. The van der Waals surface area contributed by atoms with Crippen molar-refractivity contribution in [3.8, 4) is 5.75 Å². The van der Waals surface area contributed by atoms with Crippen LogP contribution in [0.1, 0.15) is 86.2 Å². The monoisotopic (exact) mass is 860 g/mol. The minimum atomic E-state index is -4.30. The largest absolute Gasteiger partial charge is 0.487 e. The van der Waals surface area contributed by atoms with Gasteiger partial charge in [-0.15, -0.1) is 0 Å². The summed E-state index contributed by atoms with van der Waals surface area (Å²) in [6.45, 7) is 8.19. The van der Waals surface area contributed by atoms with E-state index in [-0.39, 0.29) is 24.5 Å². The lowest BCUT2D eigenvalue weighted by Crippen LogP contribution is -2.61. The summed E-state index contributed by atoms with van der Waals surface area (Å²) < 4.78 is 72.7. The van der Waals surface area contributed by atoms with E-state index in [1.165, 1.54) is 25.8 Å². The fraction of sp³-hybridized carbons (Fsp3) is 0.651. The third kappa shape index (κ3) is 10.2. The molecule has 2 aromatic carbocycles. The number of rotatable bonds is 7. The highest BCUT2D eigenvalue weighted by molar-refractivity contribution is 7.90. The minimum Gasteiger partial charge on any atom is -0.487 e. The number of allylic oxidation sites excluding steroid dienone is 1. The molecule has 5 aliphatic rings. The molecule has 1 aliphatic carbocycles. The number of anilines is 1. The zero-order valence-electron chi connectivity index (χ0n) is 34.2. The van der Waals surface area contributed by atoms with Gasteiger partial charge in [-0.05, 0) is 124 Å². The molecule has 1 saturated carbocycles. The van der Waals surface area contributed by atoms with Gasteiger partial charge in [0.2, 0.25) is 10.0 Å². The highest BCUT2D eigenvalue weighted by atomic mass is 35.5. The lowest BCUT2D eigenvalue weighted by Gasteiger charge is -2.53. The van der Waals surface area contributed by atoms with Crippen molar-refractivity contribution in [2.75, 3.05) is 70.7 Å². The van der Waals surface area contributed by atoms with Crippen molar-refractivity contribution in [1.29, 1.82) is 0 Å². The van der Waals surface area contributed by atoms with Gasteiger partial charge in [-0.3, -0.25) is 18.8 Å². The molecule has 3 fully saturated rings. The Bertz CT molecular complexity index is 2030. The minimum absolute atomic E-state index is 0.116. The Morgan fingerprint density at radius 1 is 0.983 bits per heavy atom. The van der Waals surface area contributed by atoms with Gasteiger partial charge in [0.25, 0.3) is 16.0 Å². The Kier molecular flexibility index (Phi) is 13.8. The van der Waals surface area contributed by atoms with Crippen molar-refractivity contribution < 1.29 is 35.3 Å². The van der Waals surface area contributed by atoms with E-state index in [4.69, 9.17) is 25.3 Å². The van der Waals surface area contributed by atoms with Crippen LogP contribution in [0.4, 0.5) is 5.69 Å². The first-order chi connectivity index (χ1) is 27.7. The molecule has 0 radical (unpaired) electrons. The average Bonchev–Trinajstić information content (AvgIpc) is 3.20. The van der Waals surface area contributed by atoms with E-state index >= 15 is 0 Å². The summed E-state index contributed by atoms with van der Waals surface area (Å²) in [6, 6.07) is 11.6. The van der Waals surface area contributed by atoms with Crippen LogP contribution in [0.2, 0.25) is 5.02 Å². The van der Waals surface area contributed by atoms with Crippen LogP contribution in [-0.2, 0) is 42.1 Å². The van der Waals surface area contributed by atoms with Gasteiger partial charge in [0.05, 0.1) is 23.8 Å². The smallest absolute Gasteiger partial charge is 0.264 e. The van der Waals surface area contributed by atoms with Crippen molar-refractivity contribution in [2.45, 2.75) is 94.6 Å². The summed E-state index contributed by atoms with van der Waals surface area (Å²) in [7, 11) is -6.29. The molecule has 0 spiro atoms. The number of amides is 1. The van der Waals surface area contributed by atoms with Crippen LogP contribution < -0.4 is 14.4 Å². The standard InChI is InChI=1S/C43H61ClN4O8S2/c1-31-9-8-19-43(54-2,30-46-22-23-47-20-7-5-11-37(47)28-46)38-16-13-34(38)27-48-21-6-4-10-32-25-36(44)15-12-35(32)29-55-40-17-14-33(26-39(40)48)42(49)45-58(52,53)41(31)18-24-56-57(3,50)51/h8,12,14-15,17,19,25-26,31,34,37-38,41H,4-7,9-11,13,16,18,20-24,27-30H2,1-3H3,(H,45,49)/b19-8+/t31-,34-,37+,38+,41?,43-/m0/s1. The van der Waals surface area contributed by atoms with Crippen molar-refractivity contribution >= 4 is 43.3 Å². The SMILES string of the molecule is CO[C@]1(CN2CCN3CCCC[C@@H]3C2)/C=C/C[C@H](C)C(CCOS(C)(=O)=O)S(=O)(=O)NC(=O)c2ccc3c(c2)N(CCCCc2cc(Cl)ccc2CO3)C[C@@H]2CC[C@H]21. The number of sulfonamides is 1. The lowest BCUT2D eigenvalue weighted by atomic mass is 9.63. The highest BCUT2D eigenvalue weighted by Gasteiger charge is 2.49. The molecule has 4 aliphatic heterocycles. The summed E-state index contributed by atoms with van der Waals surface area (Å²) in [5.41, 5.74) is 2.54. The Balaban J connectivity index is 1.27. The Morgan fingerprint density at radius 2 is 1.81 bits per heavy atom. The number of methoxy groups -OCH3 is 1. The van der Waals surface area contributed by atoms with Gasteiger partial charge in [0, 0.05) is 63.0 Å². The number of carbonyl (C=O) groups is 1. The fourth-order valence-corrected chi connectivity index (χ4v) is 12.3. The predicted octanol–water partition coefficient (Wildman–Crippen LogP) is 6.03. The predicted molar refractivity (Wildman–Crippen MR) is 227 cm³/mol. The second-order valence-electron chi connectivity index (χ2n) is 17.3. The normalized spacial score (nSPS) is 30.6. The van der Waals surface area contributed by atoms with Gasteiger partial charge in [-0.1, -0.05) is 43.2 Å². The first kappa shape index (κ1) is 43.4. The maximum Gasteiger partial charge on any atom is 0.264 e. The van der Waals surface area contributed by atoms with Gasteiger partial charge in [0.1, 0.15) is 18.0 Å². The lowest BCUT2D eigenvalue weighted by molar-refractivity contribution is -0.1000. The molecule has 2 bridgehead atoms. The number of halogens is 1. The van der Waals surface area contributed by atoms with Gasteiger partial charge in [-0.2, -0.15) is 8.42 Å². The van der Waals surface area contributed by atoms with E-state index in [1.807, 2.05) is 32.2 Å². The molecule has 12 nitrogen and oxygen atoms in total. The number of fused-ring (bicyclic) bond motifs is 4. The molecule has 58 heavy (non-hydrogen) atoms. The van der Waals surface area contributed by atoms with Crippen molar-refractivity contribution in [3.63, 3.8) is 0 Å². The molecular formula is C43H61ClN4O8S2. The molecule has 15 heteroatoms. The van der Waals surface area contributed by atoms with Crippen LogP contribution in [0.15, 0.2) is 48.6 Å². The summed E-state index contributed by atoms with van der Waals surface area (Å²) in [4.78, 5) is 21.5. The third-order valence-electron chi connectivity index (χ3n) is 13.4. The van der Waals surface area contributed by atoms with Crippen LogP contribution in [0.3, 0.4) is 0 Å². The second-order valence-corrected chi connectivity index (χ2v) is 21.2. The van der Waals surface area contributed by atoms with E-state index in [9.17, 15) is 21.6 Å². The number of nitrogens with zero attached hydrogens (tertiary/aromatic N) is 3. The maximum atomic E-state index is 14.2. The average molecular weight is 862 g/mol. The van der Waals surface area contributed by atoms with E-state index in [0.717, 1.165) is 94.4 Å². The Hall–Kier alpha value is -2.72. The molecule has 0 aromatic heterocycles. The number of hydrogen-bond donors (Lipinski definition) is 1. The number of piperazine rings is 1. The molecule has 1 N–H and O–H groups in total. The molecule has 1 unspecified atom stereocenters. The Labute approximate surface area is 350 Å². The molecule has 1 amide bonds. The number of ether oxygens (including phenoxy) is 2. The maximum absolute atomic E-state index is 14.2. The van der Waals surface area contributed by atoms with Crippen molar-refractivity contribution in [2.24, 2.45) is 17.8 Å². The summed E-state index contributed by atoms with van der Waals surface area (Å²) in [5, 5.41) is -0.422. The molecule has 7 rings (SSSR count). The number of hydrogen-bond acceptors (Lipinski definition) is 11. The number of carbonyl (C=O) groups excluding carboxylic acids is 1. The van der Waals surface area contributed by atoms with Crippen LogP contribution in [0, 0.1) is 17.8 Å². The van der Waals surface area contributed by atoms with Crippen LogP contribution >= 0.6 is 11.6 Å². The molecule has 6 atom stereocenters. The van der Waals surface area contributed by atoms with E-state index in [2.05, 4.69) is 31.6 Å². The summed E-state index contributed by atoms with van der Waals surface area (Å²) in [5.74, 6) is -0.127.